The van der Waals surface area contributed by atoms with E-state index < -0.39 is 5.97 Å². The molecule has 1 atom stereocenters. The summed E-state index contributed by atoms with van der Waals surface area (Å²) in [5.41, 5.74) is 1.01. The molecule has 0 N–H and O–H groups in total. The topological polar surface area (TPSA) is 26.3 Å². The maximum atomic E-state index is 11.0. The van der Waals surface area contributed by atoms with Crippen molar-refractivity contribution in [3.8, 4) is 11.8 Å². The van der Waals surface area contributed by atoms with Crippen LogP contribution in [0.2, 0.25) is 0 Å². The molecule has 0 spiro atoms. The van der Waals surface area contributed by atoms with Crippen LogP contribution in [0.4, 0.5) is 0 Å². The van der Waals surface area contributed by atoms with Crippen LogP contribution in [0.25, 0.3) is 0 Å². The predicted molar refractivity (Wildman–Crippen MR) is 62.2 cm³/mol. The monoisotopic (exact) mass is 215 g/mol. The molecule has 1 unspecified atom stereocenters. The Morgan fingerprint density at radius 1 is 1.50 bits per heavy atom. The molecule has 1 saturated carbocycles. The zero-order valence-electron chi connectivity index (χ0n) is 9.45. The minimum atomic E-state index is -0.469. The second-order valence-electron chi connectivity index (χ2n) is 4.08. The van der Waals surface area contributed by atoms with Crippen LogP contribution in [-0.4, -0.2) is 13.1 Å². The van der Waals surface area contributed by atoms with Crippen molar-refractivity contribution in [3.05, 3.63) is 29.7 Å². The van der Waals surface area contributed by atoms with E-state index in [4.69, 9.17) is 0 Å². The van der Waals surface area contributed by atoms with Crippen molar-refractivity contribution in [1.82, 2.24) is 0 Å². The minimum Gasteiger partial charge on any atom is -0.459 e. The third-order valence-corrected chi connectivity index (χ3v) is 3.10. The second-order valence-corrected chi connectivity index (χ2v) is 4.08. The summed E-state index contributed by atoms with van der Waals surface area (Å²) in [6, 6.07) is 0. The Labute approximate surface area is 96.4 Å². The van der Waals surface area contributed by atoms with Crippen LogP contribution in [0.5, 0.6) is 0 Å². The summed E-state index contributed by atoms with van der Waals surface area (Å²) in [5, 5.41) is 0. The molecule has 16 heavy (non-hydrogen) atoms. The molecule has 83 valence electrons. The number of hydrogen-bond donors (Lipinski definition) is 0. The van der Waals surface area contributed by atoms with Gasteiger partial charge in [-0.3, -0.25) is 0 Å². The van der Waals surface area contributed by atoms with Crippen LogP contribution in [0.1, 0.15) is 25.7 Å². The standard InChI is InChI=1S/C14H15O2/c1-16-14(15)10-9-12-7-4-6-11-5-2-3-8-13(11)12/h4,6-7,11H,2-3,5,8H2,1H3. The predicted octanol–water partition coefficient (Wildman–Crippen LogP) is 2.42. The zero-order chi connectivity index (χ0) is 11.4. The lowest BCUT2D eigenvalue weighted by Crippen LogP contribution is -2.19. The summed E-state index contributed by atoms with van der Waals surface area (Å²) in [5.74, 6) is 6.89. The summed E-state index contributed by atoms with van der Waals surface area (Å²) in [6.07, 6.45) is 11.1. The van der Waals surface area contributed by atoms with Crippen LogP contribution in [0.15, 0.2) is 23.8 Å². The third kappa shape index (κ3) is 2.36. The van der Waals surface area contributed by atoms with Crippen molar-refractivity contribution in [2.45, 2.75) is 25.7 Å². The number of hydrogen-bond acceptors (Lipinski definition) is 2. The van der Waals surface area contributed by atoms with Gasteiger partial charge in [-0.2, -0.15) is 0 Å². The van der Waals surface area contributed by atoms with Gasteiger partial charge in [0.1, 0.15) is 0 Å². The van der Waals surface area contributed by atoms with E-state index in [2.05, 4.69) is 22.7 Å². The van der Waals surface area contributed by atoms with Gasteiger partial charge in [-0.05, 0) is 18.8 Å². The molecular weight excluding hydrogens is 200 g/mol. The van der Waals surface area contributed by atoms with E-state index in [1.165, 1.54) is 32.3 Å². The number of ether oxygens (including phenoxy) is 1. The summed E-state index contributed by atoms with van der Waals surface area (Å²) >= 11 is 0. The largest absolute Gasteiger partial charge is 0.459 e. The first-order valence-electron chi connectivity index (χ1n) is 5.66. The molecule has 0 saturated heterocycles. The van der Waals surface area contributed by atoms with Gasteiger partial charge in [0, 0.05) is 17.4 Å². The highest BCUT2D eigenvalue weighted by Gasteiger charge is 2.27. The molecular formula is C14H15O2. The quantitative estimate of drug-likeness (QED) is 0.352. The molecule has 2 nitrogen and oxygen atoms in total. The van der Waals surface area contributed by atoms with Gasteiger partial charge in [0.05, 0.1) is 7.11 Å². The molecule has 1 fully saturated rings. The number of allylic oxidation sites excluding steroid dienone is 4. The van der Waals surface area contributed by atoms with E-state index in [1.54, 1.807) is 0 Å². The van der Waals surface area contributed by atoms with Gasteiger partial charge in [0.15, 0.2) is 0 Å². The third-order valence-electron chi connectivity index (χ3n) is 3.10. The lowest BCUT2D eigenvalue weighted by Gasteiger charge is -2.30. The smallest absolute Gasteiger partial charge is 0.384 e. The molecule has 2 rings (SSSR count). The average Bonchev–Trinajstić information content (AvgIpc) is 2.35. The van der Waals surface area contributed by atoms with E-state index in [9.17, 15) is 4.79 Å². The summed E-state index contributed by atoms with van der Waals surface area (Å²) in [6.45, 7) is 0. The number of esters is 1. The first-order valence-corrected chi connectivity index (χ1v) is 5.66. The van der Waals surface area contributed by atoms with E-state index in [0.29, 0.717) is 5.92 Å². The van der Waals surface area contributed by atoms with Crippen molar-refractivity contribution in [1.29, 1.82) is 0 Å². The zero-order valence-corrected chi connectivity index (χ0v) is 9.45. The summed E-state index contributed by atoms with van der Waals surface area (Å²) in [4.78, 5) is 11.0. The Morgan fingerprint density at radius 2 is 2.38 bits per heavy atom. The summed E-state index contributed by atoms with van der Waals surface area (Å²) in [7, 11) is 1.35. The normalized spacial score (nSPS) is 23.8. The average molecular weight is 215 g/mol. The Bertz CT molecular complexity index is 393. The Morgan fingerprint density at radius 3 is 3.19 bits per heavy atom. The first kappa shape index (κ1) is 11.0. The molecule has 0 heterocycles. The number of methoxy groups -OCH3 is 1. The lowest BCUT2D eigenvalue weighted by molar-refractivity contribution is -0.133. The number of carbonyl (C=O) groups excluding carboxylic acids is 1. The van der Waals surface area contributed by atoms with Crippen molar-refractivity contribution >= 4 is 5.97 Å². The van der Waals surface area contributed by atoms with Crippen LogP contribution in [0, 0.1) is 23.7 Å². The van der Waals surface area contributed by atoms with Gasteiger partial charge >= 0.3 is 5.97 Å². The second kappa shape index (κ2) is 5.03. The van der Waals surface area contributed by atoms with Crippen LogP contribution in [-0.2, 0) is 9.53 Å². The Kier molecular flexibility index (Phi) is 3.46. The molecule has 0 aromatic rings. The lowest BCUT2D eigenvalue weighted by atomic mass is 9.73. The van der Waals surface area contributed by atoms with Crippen LogP contribution in [0.3, 0.4) is 0 Å². The molecule has 2 aliphatic rings. The molecule has 2 aliphatic carbocycles. The van der Waals surface area contributed by atoms with Gasteiger partial charge in [-0.1, -0.05) is 37.0 Å². The fourth-order valence-electron chi connectivity index (χ4n) is 2.27. The van der Waals surface area contributed by atoms with Gasteiger partial charge in [-0.25, -0.2) is 4.79 Å². The molecule has 0 aromatic heterocycles. The highest BCUT2D eigenvalue weighted by Crippen LogP contribution is 2.39. The molecule has 1 radical (unpaired) electrons. The van der Waals surface area contributed by atoms with Crippen molar-refractivity contribution in [2.75, 3.05) is 7.11 Å². The van der Waals surface area contributed by atoms with Gasteiger partial charge < -0.3 is 4.74 Å². The van der Waals surface area contributed by atoms with Gasteiger partial charge in [-0.15, -0.1) is 0 Å². The van der Waals surface area contributed by atoms with Gasteiger partial charge in [0.2, 0.25) is 0 Å². The molecule has 0 aliphatic heterocycles. The number of rotatable bonds is 0. The van der Waals surface area contributed by atoms with Crippen LogP contribution < -0.4 is 0 Å². The molecule has 0 amide bonds. The van der Waals surface area contributed by atoms with E-state index in [-0.39, 0.29) is 0 Å². The van der Waals surface area contributed by atoms with Crippen molar-refractivity contribution in [3.63, 3.8) is 0 Å². The molecule has 2 heteroatoms. The van der Waals surface area contributed by atoms with Crippen LogP contribution >= 0.6 is 0 Å². The molecule has 0 aromatic carbocycles. The Hall–Kier alpha value is -1.49. The van der Waals surface area contributed by atoms with Crippen molar-refractivity contribution in [2.24, 2.45) is 5.92 Å². The minimum absolute atomic E-state index is 0.469. The van der Waals surface area contributed by atoms with E-state index in [1.807, 2.05) is 12.2 Å². The molecule has 0 bridgehead atoms. The Balaban J connectivity index is 2.13. The fraction of sp³-hybridized carbons (Fsp3) is 0.429. The first-order chi connectivity index (χ1) is 7.81. The fourth-order valence-corrected chi connectivity index (χ4v) is 2.27. The van der Waals surface area contributed by atoms with Gasteiger partial charge in [0.25, 0.3) is 0 Å². The van der Waals surface area contributed by atoms with E-state index in [0.717, 1.165) is 12.0 Å². The summed E-state index contributed by atoms with van der Waals surface area (Å²) < 4.78 is 4.51. The SMILES string of the molecule is COC(=O)C#CC1=CC=CC2CCCC[C]12. The maximum absolute atomic E-state index is 11.0. The number of carbonyl (C=O) groups is 1. The van der Waals surface area contributed by atoms with Crippen molar-refractivity contribution < 1.29 is 9.53 Å². The highest BCUT2D eigenvalue weighted by molar-refractivity contribution is 5.89. The number of fused-ring (bicyclic) bond motifs is 1. The maximum Gasteiger partial charge on any atom is 0.384 e. The van der Waals surface area contributed by atoms with E-state index >= 15 is 0 Å². The highest BCUT2D eigenvalue weighted by atomic mass is 16.5.